The molecular weight excluding hydrogens is 559 g/mol. The number of hydrogen-bond donors (Lipinski definition) is 2. The Morgan fingerprint density at radius 2 is 1.85 bits per heavy atom. The minimum atomic E-state index is -2.91. The third-order valence-electron chi connectivity index (χ3n) is 7.27. The van der Waals surface area contributed by atoms with E-state index < -0.39 is 60.7 Å². The first-order valence-corrected chi connectivity index (χ1v) is 13.3. The Labute approximate surface area is 239 Å². The number of pyridine rings is 1. The van der Waals surface area contributed by atoms with Crippen molar-refractivity contribution in [3.8, 4) is 6.07 Å². The third-order valence-corrected chi connectivity index (χ3v) is 7.62. The second-order valence-electron chi connectivity index (χ2n) is 10.0. The summed E-state index contributed by atoms with van der Waals surface area (Å²) in [5.74, 6) is -5.14. The molecule has 3 aromatic rings. The largest absolute Gasteiger partial charge is 0.374 e. The van der Waals surface area contributed by atoms with Gasteiger partial charge in [-0.3, -0.25) is 14.5 Å². The zero-order valence-electron chi connectivity index (χ0n) is 21.6. The maximum atomic E-state index is 15.4. The molecule has 1 aliphatic heterocycles. The van der Waals surface area contributed by atoms with Gasteiger partial charge in [-0.15, -0.1) is 0 Å². The summed E-state index contributed by atoms with van der Waals surface area (Å²) in [4.78, 5) is 34.8. The maximum absolute atomic E-state index is 15.4. The van der Waals surface area contributed by atoms with Gasteiger partial charge in [-0.05, 0) is 43.2 Å². The number of aliphatic hydroxyl groups excluding tert-OH is 1. The number of alkyl halides is 2. The van der Waals surface area contributed by atoms with Crippen LogP contribution in [0, 0.1) is 17.1 Å². The van der Waals surface area contributed by atoms with Crippen LogP contribution in [0.5, 0.6) is 0 Å². The predicted molar refractivity (Wildman–Crippen MR) is 145 cm³/mol. The molecule has 1 aliphatic carbocycles. The molecular formula is C29H25ClF3N5O3. The summed E-state index contributed by atoms with van der Waals surface area (Å²) in [5.41, 5.74) is 0.164. The van der Waals surface area contributed by atoms with E-state index in [1.54, 1.807) is 12.1 Å². The fraction of sp³-hybridized carbons (Fsp3) is 0.310. The van der Waals surface area contributed by atoms with Gasteiger partial charge in [0.2, 0.25) is 5.91 Å². The summed E-state index contributed by atoms with van der Waals surface area (Å²) in [7, 11) is 0. The lowest BCUT2D eigenvalue weighted by Gasteiger charge is -2.39. The number of aliphatic hydroxyl groups is 1. The van der Waals surface area contributed by atoms with Crippen molar-refractivity contribution in [1.29, 1.82) is 5.26 Å². The number of carbonyl (C=O) groups is 2. The number of hydrogen-bond acceptors (Lipinski definition) is 6. The summed E-state index contributed by atoms with van der Waals surface area (Å²) in [6.45, 7) is 0. The number of benzene rings is 2. The molecule has 3 atom stereocenters. The van der Waals surface area contributed by atoms with Crippen molar-refractivity contribution in [2.75, 3.05) is 9.80 Å². The van der Waals surface area contributed by atoms with Crippen LogP contribution in [0.3, 0.4) is 0 Å². The molecule has 2 N–H and O–H groups in total. The van der Waals surface area contributed by atoms with E-state index in [1.807, 2.05) is 6.07 Å². The number of nitrogens with one attached hydrogen (secondary N) is 1. The van der Waals surface area contributed by atoms with Crippen LogP contribution in [0.15, 0.2) is 66.9 Å². The third kappa shape index (κ3) is 5.71. The highest BCUT2D eigenvalue weighted by molar-refractivity contribution is 6.31. The van der Waals surface area contributed by atoms with Crippen LogP contribution in [0.4, 0.5) is 24.7 Å². The Bertz CT molecular complexity index is 1510. The van der Waals surface area contributed by atoms with Gasteiger partial charge in [0, 0.05) is 35.7 Å². The van der Waals surface area contributed by atoms with Gasteiger partial charge in [0.1, 0.15) is 29.9 Å². The van der Waals surface area contributed by atoms with Crippen LogP contribution in [0.25, 0.3) is 0 Å². The standard InChI is InChI=1S/C29H25ClF3N5O3/c30-20-6-2-1-5-19(20)26(27(40)36-18-14-29(32,33)15-18)38(22-8-4-3-7-21(22)31)28(41)23-9-10-25(39)37(23)24-13-17(16-34)11-12-35-24/h1-8,11-13,18,23,25-26,39H,9-10,14-15H2,(H,36,40)/t23-,25?,26-/m0/s1. The van der Waals surface area contributed by atoms with Crippen molar-refractivity contribution < 1.29 is 27.9 Å². The van der Waals surface area contributed by atoms with Crippen molar-refractivity contribution in [2.45, 2.75) is 56.0 Å². The number of amides is 2. The number of para-hydroxylation sites is 1. The van der Waals surface area contributed by atoms with Gasteiger partial charge in [0.25, 0.3) is 11.8 Å². The highest BCUT2D eigenvalue weighted by Gasteiger charge is 2.49. The van der Waals surface area contributed by atoms with Crippen molar-refractivity contribution in [1.82, 2.24) is 10.3 Å². The van der Waals surface area contributed by atoms with E-state index in [4.69, 9.17) is 11.6 Å². The summed E-state index contributed by atoms with van der Waals surface area (Å²) in [6, 6.07) is 12.9. The number of carbonyl (C=O) groups excluding carboxylic acids is 2. The molecule has 2 aliphatic rings. The number of aromatic nitrogens is 1. The van der Waals surface area contributed by atoms with E-state index in [2.05, 4.69) is 10.3 Å². The minimum absolute atomic E-state index is 0.104. The molecule has 2 aromatic carbocycles. The molecule has 2 heterocycles. The predicted octanol–water partition coefficient (Wildman–Crippen LogP) is 4.72. The Balaban J connectivity index is 1.61. The molecule has 1 unspecified atom stereocenters. The zero-order valence-corrected chi connectivity index (χ0v) is 22.3. The molecule has 0 radical (unpaired) electrons. The van der Waals surface area contributed by atoms with Crippen molar-refractivity contribution >= 4 is 34.9 Å². The summed E-state index contributed by atoms with van der Waals surface area (Å²) in [5, 5.41) is 22.9. The van der Waals surface area contributed by atoms with Gasteiger partial charge < -0.3 is 15.3 Å². The fourth-order valence-corrected chi connectivity index (χ4v) is 5.55. The first kappa shape index (κ1) is 28.4. The van der Waals surface area contributed by atoms with Crippen molar-refractivity contribution in [3.05, 3.63) is 88.8 Å². The summed E-state index contributed by atoms with van der Waals surface area (Å²) < 4.78 is 42.6. The van der Waals surface area contributed by atoms with Gasteiger partial charge in [-0.25, -0.2) is 18.2 Å². The molecule has 0 spiro atoms. The molecule has 1 aromatic heterocycles. The number of halogens is 4. The quantitative estimate of drug-likeness (QED) is 0.417. The summed E-state index contributed by atoms with van der Waals surface area (Å²) in [6.07, 6.45) is -0.646. The van der Waals surface area contributed by atoms with Gasteiger partial charge in [0.15, 0.2) is 0 Å². The highest BCUT2D eigenvalue weighted by atomic mass is 35.5. The molecule has 2 fully saturated rings. The van der Waals surface area contributed by atoms with Crippen LogP contribution >= 0.6 is 11.6 Å². The van der Waals surface area contributed by atoms with Gasteiger partial charge >= 0.3 is 0 Å². The van der Waals surface area contributed by atoms with Crippen LogP contribution in [-0.4, -0.2) is 46.1 Å². The molecule has 212 valence electrons. The first-order chi connectivity index (χ1) is 19.6. The lowest BCUT2D eigenvalue weighted by Crippen LogP contribution is -2.56. The van der Waals surface area contributed by atoms with Crippen molar-refractivity contribution in [2.24, 2.45) is 0 Å². The zero-order chi connectivity index (χ0) is 29.3. The molecule has 8 nitrogen and oxygen atoms in total. The number of anilines is 2. The fourth-order valence-electron chi connectivity index (χ4n) is 5.31. The van der Waals surface area contributed by atoms with E-state index in [0.717, 1.165) is 11.0 Å². The van der Waals surface area contributed by atoms with E-state index in [9.17, 15) is 28.7 Å². The lowest BCUT2D eigenvalue weighted by molar-refractivity contribution is -0.133. The molecule has 1 saturated carbocycles. The molecule has 1 saturated heterocycles. The Kier molecular flexibility index (Phi) is 7.89. The molecule has 5 rings (SSSR count). The molecule has 12 heteroatoms. The smallest absolute Gasteiger partial charge is 0.252 e. The summed E-state index contributed by atoms with van der Waals surface area (Å²) >= 11 is 6.49. The normalized spacial score (nSPS) is 20.5. The van der Waals surface area contributed by atoms with Crippen molar-refractivity contribution in [3.63, 3.8) is 0 Å². The van der Waals surface area contributed by atoms with Crippen LogP contribution in [0.1, 0.15) is 42.9 Å². The molecule has 0 bridgehead atoms. The average molecular weight is 584 g/mol. The number of nitrogens with zero attached hydrogens (tertiary/aromatic N) is 4. The van der Waals surface area contributed by atoms with Gasteiger partial charge in [0.05, 0.1) is 17.3 Å². The van der Waals surface area contributed by atoms with E-state index >= 15 is 4.39 Å². The minimum Gasteiger partial charge on any atom is -0.374 e. The number of nitriles is 1. The lowest BCUT2D eigenvalue weighted by atomic mass is 9.87. The Morgan fingerprint density at radius 3 is 2.54 bits per heavy atom. The Morgan fingerprint density at radius 1 is 1.15 bits per heavy atom. The van der Waals surface area contributed by atoms with Gasteiger partial charge in [-0.2, -0.15) is 5.26 Å². The van der Waals surface area contributed by atoms with Crippen LogP contribution in [0.2, 0.25) is 5.02 Å². The second-order valence-corrected chi connectivity index (χ2v) is 10.5. The molecule has 2 amide bonds. The maximum Gasteiger partial charge on any atom is 0.252 e. The SMILES string of the molecule is N#Cc1ccnc(N2C(O)CC[C@H]2C(=O)N(c2ccccc2F)[C@H](C(=O)NC2CC(F)(F)C2)c2ccccc2Cl)c1. The number of rotatable bonds is 7. The van der Waals surface area contributed by atoms with E-state index in [0.29, 0.717) is 0 Å². The van der Waals surface area contributed by atoms with Crippen LogP contribution < -0.4 is 15.1 Å². The van der Waals surface area contributed by atoms with E-state index in [1.165, 1.54) is 53.6 Å². The van der Waals surface area contributed by atoms with Gasteiger partial charge in [-0.1, -0.05) is 41.9 Å². The monoisotopic (exact) mass is 583 g/mol. The second kappa shape index (κ2) is 11.4. The van der Waals surface area contributed by atoms with E-state index in [-0.39, 0.29) is 40.5 Å². The average Bonchev–Trinajstić information content (AvgIpc) is 3.32. The van der Waals surface area contributed by atoms with Crippen LogP contribution in [-0.2, 0) is 9.59 Å². The topological polar surface area (TPSA) is 110 Å². The first-order valence-electron chi connectivity index (χ1n) is 12.9. The molecule has 41 heavy (non-hydrogen) atoms. The Hall–Kier alpha value is -4.14. The highest BCUT2D eigenvalue weighted by Crippen LogP contribution is 2.40.